The average Bonchev–Trinajstić information content (AvgIpc) is 2.91. The monoisotopic (exact) mass is 285 g/mol. The van der Waals surface area contributed by atoms with Crippen LogP contribution >= 0.6 is 0 Å². The molecule has 0 fully saturated rings. The Balaban J connectivity index is 1.87. The molecule has 1 aromatic heterocycles. The summed E-state index contributed by atoms with van der Waals surface area (Å²) >= 11 is 0. The number of aromatic amines is 1. The Morgan fingerprint density at radius 3 is 3.14 bits per heavy atom. The lowest BCUT2D eigenvalue weighted by atomic mass is 10.0. The average molecular weight is 285 g/mol. The van der Waals surface area contributed by atoms with Crippen molar-refractivity contribution in [1.82, 2.24) is 15.3 Å². The van der Waals surface area contributed by atoms with E-state index in [0.717, 1.165) is 30.0 Å². The van der Waals surface area contributed by atoms with Gasteiger partial charge >= 0.3 is 0 Å². The Morgan fingerprint density at radius 1 is 1.43 bits per heavy atom. The number of aromatic nitrogens is 2. The van der Waals surface area contributed by atoms with Gasteiger partial charge in [-0.25, -0.2) is 4.98 Å². The molecule has 0 saturated heterocycles. The van der Waals surface area contributed by atoms with Crippen molar-refractivity contribution in [2.75, 3.05) is 13.2 Å². The molecule has 0 bridgehead atoms. The maximum Gasteiger partial charge on any atom is 0.251 e. The molecule has 1 unspecified atom stereocenters. The molecule has 2 N–H and O–H groups in total. The molecule has 1 aliphatic rings. The van der Waals surface area contributed by atoms with E-state index in [1.54, 1.807) is 6.07 Å². The van der Waals surface area contributed by atoms with Crippen LogP contribution in [0.15, 0.2) is 35.1 Å². The van der Waals surface area contributed by atoms with Gasteiger partial charge in [-0.2, -0.15) is 0 Å². The molecule has 1 aromatic carbocycles. The van der Waals surface area contributed by atoms with Gasteiger partial charge in [0.1, 0.15) is 18.2 Å². The van der Waals surface area contributed by atoms with E-state index in [0.29, 0.717) is 19.0 Å². The second-order valence-electron chi connectivity index (χ2n) is 5.20. The van der Waals surface area contributed by atoms with Crippen LogP contribution in [0.5, 0.6) is 5.75 Å². The van der Waals surface area contributed by atoms with Crippen molar-refractivity contribution in [1.29, 1.82) is 0 Å². The third-order valence-electron chi connectivity index (χ3n) is 3.58. The highest BCUT2D eigenvalue weighted by atomic mass is 16.5. The summed E-state index contributed by atoms with van der Waals surface area (Å²) in [5.74, 6) is 1.56. The molecule has 3 rings (SSSR count). The first-order chi connectivity index (χ1) is 10.3. The number of benzene rings is 1. The van der Waals surface area contributed by atoms with E-state index in [-0.39, 0.29) is 11.5 Å². The summed E-state index contributed by atoms with van der Waals surface area (Å²) in [5, 5.41) is 3.27. The number of hydrogen-bond donors (Lipinski definition) is 2. The van der Waals surface area contributed by atoms with E-state index in [4.69, 9.17) is 4.74 Å². The van der Waals surface area contributed by atoms with Gasteiger partial charge in [0.15, 0.2) is 0 Å². The number of para-hydroxylation sites is 1. The summed E-state index contributed by atoms with van der Waals surface area (Å²) in [5.41, 5.74) is 1.74. The lowest BCUT2D eigenvalue weighted by Gasteiger charge is -2.10. The van der Waals surface area contributed by atoms with Crippen LogP contribution in [0.1, 0.15) is 36.3 Å². The van der Waals surface area contributed by atoms with Gasteiger partial charge in [0, 0.05) is 18.2 Å². The molecular formula is C16H19N3O2. The zero-order valence-corrected chi connectivity index (χ0v) is 12.1. The maximum absolute atomic E-state index is 11.8. The van der Waals surface area contributed by atoms with Crippen molar-refractivity contribution in [3.63, 3.8) is 0 Å². The van der Waals surface area contributed by atoms with Gasteiger partial charge in [-0.05, 0) is 19.0 Å². The van der Waals surface area contributed by atoms with E-state index in [2.05, 4.69) is 22.2 Å². The second-order valence-corrected chi connectivity index (χ2v) is 5.20. The molecule has 0 saturated carbocycles. The molecule has 5 heteroatoms. The van der Waals surface area contributed by atoms with Gasteiger partial charge in [0.05, 0.1) is 11.6 Å². The predicted molar refractivity (Wildman–Crippen MR) is 80.6 cm³/mol. The predicted octanol–water partition coefficient (Wildman–Crippen LogP) is 1.79. The Hall–Kier alpha value is -2.14. The largest absolute Gasteiger partial charge is 0.492 e. The Bertz CT molecular complexity index is 681. The Morgan fingerprint density at radius 2 is 2.29 bits per heavy atom. The Kier molecular flexibility index (Phi) is 4.01. The molecule has 1 aliphatic heterocycles. The van der Waals surface area contributed by atoms with Gasteiger partial charge < -0.3 is 15.0 Å². The van der Waals surface area contributed by atoms with Gasteiger partial charge in [-0.1, -0.05) is 25.1 Å². The van der Waals surface area contributed by atoms with Gasteiger partial charge in [0.2, 0.25) is 0 Å². The fourth-order valence-electron chi connectivity index (χ4n) is 2.57. The first-order valence-electron chi connectivity index (χ1n) is 7.30. The fraction of sp³-hybridized carbons (Fsp3) is 0.375. The lowest BCUT2D eigenvalue weighted by Crippen LogP contribution is -2.21. The van der Waals surface area contributed by atoms with E-state index in [1.807, 2.05) is 24.3 Å². The molecule has 0 radical (unpaired) electrons. The molecule has 110 valence electrons. The summed E-state index contributed by atoms with van der Waals surface area (Å²) in [6.45, 7) is 4.16. The second kappa shape index (κ2) is 6.10. The smallest absolute Gasteiger partial charge is 0.251 e. The zero-order chi connectivity index (χ0) is 14.7. The molecule has 0 spiro atoms. The van der Waals surface area contributed by atoms with Crippen LogP contribution in [-0.2, 0) is 6.54 Å². The number of rotatable bonds is 5. The molecule has 2 aromatic rings. The lowest BCUT2D eigenvalue weighted by molar-refractivity contribution is 0.339. The number of ether oxygens (including phenoxy) is 1. The molecular weight excluding hydrogens is 266 g/mol. The standard InChI is InChI=1S/C16H19N3O2/c1-2-7-17-9-11-8-15(20)19-16(18-11)13-10-21-14-6-4-3-5-12(13)14/h3-6,8,13,17H,2,7,9-10H2,1H3,(H,18,19,20). The van der Waals surface area contributed by atoms with Crippen LogP contribution in [0.3, 0.4) is 0 Å². The topological polar surface area (TPSA) is 67.0 Å². The summed E-state index contributed by atoms with van der Waals surface area (Å²) in [4.78, 5) is 19.3. The van der Waals surface area contributed by atoms with Crippen molar-refractivity contribution in [2.45, 2.75) is 25.8 Å². The van der Waals surface area contributed by atoms with E-state index in [9.17, 15) is 4.79 Å². The molecule has 0 aliphatic carbocycles. The highest BCUT2D eigenvalue weighted by Gasteiger charge is 2.27. The normalized spacial score (nSPS) is 16.5. The van der Waals surface area contributed by atoms with Gasteiger partial charge in [-0.3, -0.25) is 4.79 Å². The summed E-state index contributed by atoms with van der Waals surface area (Å²) < 4.78 is 5.67. The number of nitrogens with zero attached hydrogens (tertiary/aromatic N) is 1. The molecule has 5 nitrogen and oxygen atoms in total. The first kappa shape index (κ1) is 13.8. The van der Waals surface area contributed by atoms with Crippen LogP contribution in [0, 0.1) is 0 Å². The fourth-order valence-corrected chi connectivity index (χ4v) is 2.57. The quantitative estimate of drug-likeness (QED) is 0.822. The number of hydrogen-bond acceptors (Lipinski definition) is 4. The van der Waals surface area contributed by atoms with Crippen molar-refractivity contribution >= 4 is 0 Å². The minimum atomic E-state index is -0.113. The van der Waals surface area contributed by atoms with Crippen LogP contribution < -0.4 is 15.6 Å². The highest BCUT2D eigenvalue weighted by Crippen LogP contribution is 2.35. The van der Waals surface area contributed by atoms with Crippen molar-refractivity contribution < 1.29 is 4.74 Å². The number of H-pyrrole nitrogens is 1. The molecule has 2 heterocycles. The van der Waals surface area contributed by atoms with Crippen molar-refractivity contribution in [3.05, 3.63) is 57.8 Å². The van der Waals surface area contributed by atoms with Crippen LogP contribution in [0.25, 0.3) is 0 Å². The van der Waals surface area contributed by atoms with Gasteiger partial charge in [-0.15, -0.1) is 0 Å². The highest BCUT2D eigenvalue weighted by molar-refractivity contribution is 5.42. The van der Waals surface area contributed by atoms with Crippen molar-refractivity contribution in [3.8, 4) is 5.75 Å². The van der Waals surface area contributed by atoms with E-state index in [1.165, 1.54) is 0 Å². The van der Waals surface area contributed by atoms with Crippen LogP contribution in [-0.4, -0.2) is 23.1 Å². The molecule has 21 heavy (non-hydrogen) atoms. The third-order valence-corrected chi connectivity index (χ3v) is 3.58. The van der Waals surface area contributed by atoms with Gasteiger partial charge in [0.25, 0.3) is 5.56 Å². The maximum atomic E-state index is 11.8. The summed E-state index contributed by atoms with van der Waals surface area (Å²) in [7, 11) is 0. The minimum Gasteiger partial charge on any atom is -0.492 e. The van der Waals surface area contributed by atoms with Crippen LogP contribution in [0.4, 0.5) is 0 Å². The van der Waals surface area contributed by atoms with E-state index < -0.39 is 0 Å². The zero-order valence-electron chi connectivity index (χ0n) is 12.1. The first-order valence-corrected chi connectivity index (χ1v) is 7.30. The summed E-state index contributed by atoms with van der Waals surface area (Å²) in [6, 6.07) is 9.44. The molecule has 0 amide bonds. The number of fused-ring (bicyclic) bond motifs is 1. The van der Waals surface area contributed by atoms with Crippen LogP contribution in [0.2, 0.25) is 0 Å². The minimum absolute atomic E-state index is 0.0000233. The summed E-state index contributed by atoms with van der Waals surface area (Å²) in [6.07, 6.45) is 1.06. The number of nitrogens with one attached hydrogen (secondary N) is 2. The Labute approximate surface area is 123 Å². The van der Waals surface area contributed by atoms with Crippen molar-refractivity contribution in [2.24, 2.45) is 0 Å². The third kappa shape index (κ3) is 2.97. The molecule has 1 atom stereocenters. The van der Waals surface area contributed by atoms with E-state index >= 15 is 0 Å². The SMILES string of the molecule is CCCNCc1cc(=O)[nH]c(C2COc3ccccc32)n1.